The van der Waals surface area contributed by atoms with Crippen LogP contribution in [0.2, 0.25) is 0 Å². The molecule has 2 aliphatic rings. The minimum atomic E-state index is 0.488. The van der Waals surface area contributed by atoms with Crippen molar-refractivity contribution in [2.45, 2.75) is 26.7 Å². The molecule has 0 aromatic heterocycles. The summed E-state index contributed by atoms with van der Waals surface area (Å²) < 4.78 is 0. The van der Waals surface area contributed by atoms with Crippen molar-refractivity contribution in [3.8, 4) is 22.3 Å². The predicted octanol–water partition coefficient (Wildman–Crippen LogP) is 5.70. The molecule has 2 aliphatic carbocycles. The zero-order valence-corrected chi connectivity index (χ0v) is 13.3. The lowest BCUT2D eigenvalue weighted by molar-refractivity contribution is 0.112. The molecule has 0 heterocycles. The van der Waals surface area contributed by atoms with Crippen LogP contribution in [0.25, 0.3) is 22.3 Å². The Kier molecular flexibility index (Phi) is 3.81. The second-order valence-electron chi connectivity index (χ2n) is 6.05. The van der Waals surface area contributed by atoms with Crippen LogP contribution >= 0.6 is 0 Å². The van der Waals surface area contributed by atoms with Gasteiger partial charge in [0, 0.05) is 11.1 Å². The molecule has 3 rings (SSSR count). The predicted molar refractivity (Wildman–Crippen MR) is 92.7 cm³/mol. The molecule has 0 unspecified atom stereocenters. The highest BCUT2D eigenvalue weighted by molar-refractivity contribution is 6.02. The van der Waals surface area contributed by atoms with E-state index in [2.05, 4.69) is 50.2 Å². The molecule has 22 heavy (non-hydrogen) atoms. The highest BCUT2D eigenvalue weighted by Crippen LogP contribution is 2.41. The number of benzene rings is 1. The number of hydrogen-bond donors (Lipinski definition) is 0. The SMILES string of the molecule is Cc1c2ccc(C(C)C)ccc-2c(-c2ccccc2)c1C=O. The summed E-state index contributed by atoms with van der Waals surface area (Å²) in [7, 11) is 0. The Morgan fingerprint density at radius 3 is 2.09 bits per heavy atom. The van der Waals surface area contributed by atoms with Crippen LogP contribution in [0.1, 0.15) is 41.3 Å². The molecule has 0 aliphatic heterocycles. The molecule has 0 N–H and O–H groups in total. The largest absolute Gasteiger partial charge is 0.298 e. The van der Waals surface area contributed by atoms with E-state index in [9.17, 15) is 4.79 Å². The molecule has 1 aromatic carbocycles. The van der Waals surface area contributed by atoms with E-state index >= 15 is 0 Å². The highest BCUT2D eigenvalue weighted by Gasteiger charge is 2.20. The summed E-state index contributed by atoms with van der Waals surface area (Å²) in [4.78, 5) is 11.6. The fourth-order valence-electron chi connectivity index (χ4n) is 3.06. The normalized spacial score (nSPS) is 11.1. The van der Waals surface area contributed by atoms with E-state index in [4.69, 9.17) is 0 Å². The zero-order chi connectivity index (χ0) is 15.7. The van der Waals surface area contributed by atoms with Gasteiger partial charge < -0.3 is 0 Å². The van der Waals surface area contributed by atoms with Crippen LogP contribution < -0.4 is 0 Å². The van der Waals surface area contributed by atoms with Crippen molar-refractivity contribution in [2.75, 3.05) is 0 Å². The first-order chi connectivity index (χ1) is 10.6. The minimum absolute atomic E-state index is 0.488. The van der Waals surface area contributed by atoms with Crippen LogP contribution in [0.3, 0.4) is 0 Å². The van der Waals surface area contributed by atoms with E-state index < -0.39 is 0 Å². The Balaban J connectivity index is 2.34. The smallest absolute Gasteiger partial charge is 0.150 e. The first-order valence-corrected chi connectivity index (χ1v) is 7.70. The fourth-order valence-corrected chi connectivity index (χ4v) is 3.06. The molecule has 0 saturated carbocycles. The van der Waals surface area contributed by atoms with Gasteiger partial charge in [0.05, 0.1) is 0 Å². The maximum Gasteiger partial charge on any atom is 0.150 e. The van der Waals surface area contributed by atoms with Gasteiger partial charge in [0.25, 0.3) is 0 Å². The Hall–Kier alpha value is -2.41. The van der Waals surface area contributed by atoms with E-state index in [0.717, 1.165) is 39.7 Å². The lowest BCUT2D eigenvalue weighted by atomic mass is 10.00. The van der Waals surface area contributed by atoms with E-state index in [1.165, 1.54) is 5.56 Å². The molecule has 0 spiro atoms. The fraction of sp³-hybridized carbons (Fsp3) is 0.190. The van der Waals surface area contributed by atoms with Crippen LogP contribution in [-0.4, -0.2) is 6.29 Å². The summed E-state index contributed by atoms with van der Waals surface area (Å²) in [5, 5.41) is 0. The van der Waals surface area contributed by atoms with Crippen molar-refractivity contribution < 1.29 is 4.79 Å². The van der Waals surface area contributed by atoms with Gasteiger partial charge in [0.2, 0.25) is 0 Å². The van der Waals surface area contributed by atoms with Crippen molar-refractivity contribution in [2.24, 2.45) is 0 Å². The van der Waals surface area contributed by atoms with Gasteiger partial charge in [0.15, 0.2) is 6.29 Å². The summed E-state index contributed by atoms with van der Waals surface area (Å²) in [6.45, 7) is 6.43. The third-order valence-corrected chi connectivity index (χ3v) is 4.37. The number of carbonyl (C=O) groups excluding carboxylic acids is 1. The van der Waals surface area contributed by atoms with Crippen molar-refractivity contribution in [1.29, 1.82) is 0 Å². The van der Waals surface area contributed by atoms with Crippen LogP contribution in [0.4, 0.5) is 0 Å². The van der Waals surface area contributed by atoms with Gasteiger partial charge in [-0.05, 0) is 40.7 Å². The van der Waals surface area contributed by atoms with Crippen LogP contribution in [-0.2, 0) is 0 Å². The Labute approximate surface area is 132 Å². The molecule has 0 saturated heterocycles. The van der Waals surface area contributed by atoms with Crippen LogP contribution in [0, 0.1) is 6.92 Å². The summed E-state index contributed by atoms with van der Waals surface area (Å²) in [5.41, 5.74) is 7.63. The third kappa shape index (κ3) is 2.33. The molecular weight excluding hydrogens is 268 g/mol. The summed E-state index contributed by atoms with van der Waals surface area (Å²) >= 11 is 0. The summed E-state index contributed by atoms with van der Waals surface area (Å²) in [6.07, 6.45) is 0.987. The van der Waals surface area contributed by atoms with Crippen LogP contribution in [0.5, 0.6) is 0 Å². The van der Waals surface area contributed by atoms with E-state index in [1.807, 2.05) is 25.1 Å². The second-order valence-corrected chi connectivity index (χ2v) is 6.05. The standard InChI is InChI=1S/C21H20O/c1-14(2)16-9-11-18-15(3)20(13-22)21(19(18)12-10-16)17-7-5-4-6-8-17/h4-14H,1-3H3. The Morgan fingerprint density at radius 2 is 1.50 bits per heavy atom. The lowest BCUT2D eigenvalue weighted by Gasteiger charge is -2.03. The number of rotatable bonds is 3. The maximum absolute atomic E-state index is 11.6. The van der Waals surface area contributed by atoms with E-state index in [0.29, 0.717) is 5.92 Å². The van der Waals surface area contributed by atoms with Crippen molar-refractivity contribution in [3.63, 3.8) is 0 Å². The van der Waals surface area contributed by atoms with Crippen molar-refractivity contribution in [1.82, 2.24) is 0 Å². The van der Waals surface area contributed by atoms with Crippen molar-refractivity contribution >= 4 is 6.29 Å². The molecule has 0 radical (unpaired) electrons. The molecule has 110 valence electrons. The van der Waals surface area contributed by atoms with E-state index in [-0.39, 0.29) is 0 Å². The van der Waals surface area contributed by atoms with Gasteiger partial charge in [-0.2, -0.15) is 0 Å². The Morgan fingerprint density at radius 1 is 0.864 bits per heavy atom. The van der Waals surface area contributed by atoms with Crippen LogP contribution in [0.15, 0.2) is 54.6 Å². The quantitative estimate of drug-likeness (QED) is 0.565. The summed E-state index contributed by atoms with van der Waals surface area (Å²) in [6, 6.07) is 18.8. The zero-order valence-electron chi connectivity index (χ0n) is 13.3. The van der Waals surface area contributed by atoms with Gasteiger partial charge in [0.1, 0.15) is 0 Å². The molecule has 0 amide bonds. The average Bonchev–Trinajstić information content (AvgIpc) is 2.67. The lowest BCUT2D eigenvalue weighted by Crippen LogP contribution is -1.85. The van der Waals surface area contributed by atoms with E-state index in [1.54, 1.807) is 0 Å². The number of aldehydes is 1. The Bertz CT molecular complexity index is 785. The molecule has 1 aromatic rings. The second kappa shape index (κ2) is 5.76. The molecular formula is C21H20O. The van der Waals surface area contributed by atoms with Gasteiger partial charge >= 0.3 is 0 Å². The third-order valence-electron chi connectivity index (χ3n) is 4.37. The summed E-state index contributed by atoms with van der Waals surface area (Å²) in [5.74, 6) is 0.488. The molecule has 0 atom stereocenters. The monoisotopic (exact) mass is 288 g/mol. The minimum Gasteiger partial charge on any atom is -0.298 e. The number of hydrogen-bond acceptors (Lipinski definition) is 1. The molecule has 1 heteroatoms. The van der Waals surface area contributed by atoms with Gasteiger partial charge in [-0.1, -0.05) is 68.4 Å². The highest BCUT2D eigenvalue weighted by atomic mass is 16.1. The average molecular weight is 288 g/mol. The number of fused-ring (bicyclic) bond motifs is 1. The van der Waals surface area contributed by atoms with Gasteiger partial charge in [-0.15, -0.1) is 0 Å². The topological polar surface area (TPSA) is 17.1 Å². The van der Waals surface area contributed by atoms with Crippen molar-refractivity contribution in [3.05, 3.63) is 71.3 Å². The number of carbonyl (C=O) groups is 1. The molecule has 0 fully saturated rings. The van der Waals surface area contributed by atoms with Gasteiger partial charge in [-0.25, -0.2) is 0 Å². The molecule has 0 bridgehead atoms. The van der Waals surface area contributed by atoms with Gasteiger partial charge in [-0.3, -0.25) is 4.79 Å². The first-order valence-electron chi connectivity index (χ1n) is 7.70. The molecule has 1 nitrogen and oxygen atoms in total. The first kappa shape index (κ1) is 14.5. The maximum atomic E-state index is 11.6.